The van der Waals surface area contributed by atoms with Crippen molar-refractivity contribution in [3.8, 4) is 0 Å². The van der Waals surface area contributed by atoms with Crippen LogP contribution in [0.2, 0.25) is 0 Å². The van der Waals surface area contributed by atoms with Gasteiger partial charge in [-0.1, -0.05) is 6.92 Å². The third-order valence-corrected chi connectivity index (χ3v) is 3.86. The predicted molar refractivity (Wildman–Crippen MR) is 68.6 cm³/mol. The van der Waals surface area contributed by atoms with E-state index in [-0.39, 0.29) is 0 Å². The van der Waals surface area contributed by atoms with E-state index in [0.717, 1.165) is 30.9 Å². The van der Waals surface area contributed by atoms with Gasteiger partial charge in [0.15, 0.2) is 0 Å². The molecule has 1 saturated heterocycles. The molecule has 0 saturated carbocycles. The highest BCUT2D eigenvalue weighted by Gasteiger charge is 2.41. The summed E-state index contributed by atoms with van der Waals surface area (Å²) in [5.74, 6) is 0.118. The molecular formula is C13H19N3O2. The summed E-state index contributed by atoms with van der Waals surface area (Å²) < 4.78 is 0. The highest BCUT2D eigenvalue weighted by Crippen LogP contribution is 2.35. The Morgan fingerprint density at radius 2 is 2.22 bits per heavy atom. The molecule has 5 nitrogen and oxygen atoms in total. The van der Waals surface area contributed by atoms with Crippen LogP contribution in [0.4, 0.5) is 5.82 Å². The number of rotatable bonds is 3. The number of aryl methyl sites for hydroxylation is 1. The van der Waals surface area contributed by atoms with E-state index in [1.807, 2.05) is 13.8 Å². The molecule has 1 aromatic rings. The number of carboxylic acid groups (broad SMARTS) is 1. The van der Waals surface area contributed by atoms with Crippen LogP contribution in [0, 0.1) is 12.3 Å². The fourth-order valence-corrected chi connectivity index (χ4v) is 2.64. The Morgan fingerprint density at radius 1 is 1.50 bits per heavy atom. The third kappa shape index (κ3) is 2.17. The average Bonchev–Trinajstić information content (AvgIpc) is 2.39. The molecular weight excluding hydrogens is 230 g/mol. The summed E-state index contributed by atoms with van der Waals surface area (Å²) in [5, 5.41) is 9.46. The molecule has 1 aromatic heterocycles. The summed E-state index contributed by atoms with van der Waals surface area (Å²) in [4.78, 5) is 22.1. The average molecular weight is 249 g/mol. The summed E-state index contributed by atoms with van der Waals surface area (Å²) in [6, 6.07) is 0. The Hall–Kier alpha value is -1.65. The van der Waals surface area contributed by atoms with Crippen molar-refractivity contribution in [3.05, 3.63) is 18.1 Å². The molecule has 1 N–H and O–H groups in total. The van der Waals surface area contributed by atoms with E-state index in [9.17, 15) is 9.90 Å². The molecule has 0 spiro atoms. The van der Waals surface area contributed by atoms with Crippen LogP contribution >= 0.6 is 0 Å². The number of hydrogen-bond donors (Lipinski definition) is 1. The number of nitrogens with zero attached hydrogens (tertiary/aromatic N) is 3. The van der Waals surface area contributed by atoms with E-state index in [1.165, 1.54) is 0 Å². The van der Waals surface area contributed by atoms with Gasteiger partial charge in [0.2, 0.25) is 0 Å². The molecule has 0 amide bonds. The third-order valence-electron chi connectivity index (χ3n) is 3.86. The van der Waals surface area contributed by atoms with E-state index in [0.29, 0.717) is 13.0 Å². The van der Waals surface area contributed by atoms with Gasteiger partial charge in [0.25, 0.3) is 0 Å². The van der Waals surface area contributed by atoms with Gasteiger partial charge < -0.3 is 10.0 Å². The SMILES string of the molecule is CCC1(C(=O)O)CCCN(c2nccnc2C)C1. The van der Waals surface area contributed by atoms with E-state index in [2.05, 4.69) is 14.9 Å². The van der Waals surface area contributed by atoms with Crippen molar-refractivity contribution >= 4 is 11.8 Å². The molecule has 0 bridgehead atoms. The summed E-state index contributed by atoms with van der Waals surface area (Å²) in [7, 11) is 0. The highest BCUT2D eigenvalue weighted by molar-refractivity contribution is 5.76. The second-order valence-electron chi connectivity index (χ2n) is 4.93. The van der Waals surface area contributed by atoms with Gasteiger partial charge >= 0.3 is 5.97 Å². The van der Waals surface area contributed by atoms with Crippen LogP contribution in [0.3, 0.4) is 0 Å². The van der Waals surface area contributed by atoms with Gasteiger partial charge in [0, 0.05) is 25.5 Å². The van der Waals surface area contributed by atoms with E-state index >= 15 is 0 Å². The summed E-state index contributed by atoms with van der Waals surface area (Å²) >= 11 is 0. The van der Waals surface area contributed by atoms with Crippen molar-refractivity contribution in [2.24, 2.45) is 5.41 Å². The molecule has 2 heterocycles. The van der Waals surface area contributed by atoms with Crippen molar-refractivity contribution in [2.45, 2.75) is 33.1 Å². The maximum atomic E-state index is 11.5. The predicted octanol–water partition coefficient (Wildman–Crippen LogP) is 1.87. The second-order valence-corrected chi connectivity index (χ2v) is 4.93. The maximum absolute atomic E-state index is 11.5. The lowest BCUT2D eigenvalue weighted by molar-refractivity contribution is -0.149. The van der Waals surface area contributed by atoms with Crippen molar-refractivity contribution in [3.63, 3.8) is 0 Å². The Morgan fingerprint density at radius 3 is 2.83 bits per heavy atom. The zero-order chi connectivity index (χ0) is 13.2. The first kappa shape index (κ1) is 12.8. The number of aliphatic carboxylic acids is 1. The normalized spacial score (nSPS) is 24.0. The molecule has 2 rings (SSSR count). The number of aromatic nitrogens is 2. The van der Waals surface area contributed by atoms with E-state index < -0.39 is 11.4 Å². The van der Waals surface area contributed by atoms with Crippen LogP contribution in [0.15, 0.2) is 12.4 Å². The summed E-state index contributed by atoms with van der Waals surface area (Å²) in [6.07, 6.45) is 5.60. The zero-order valence-corrected chi connectivity index (χ0v) is 10.9. The molecule has 1 fully saturated rings. The minimum absolute atomic E-state index is 0.526. The van der Waals surface area contributed by atoms with Crippen LogP contribution in [0.5, 0.6) is 0 Å². The Balaban J connectivity index is 2.26. The quantitative estimate of drug-likeness (QED) is 0.885. The van der Waals surface area contributed by atoms with Crippen LogP contribution in [-0.2, 0) is 4.79 Å². The highest BCUT2D eigenvalue weighted by atomic mass is 16.4. The fraction of sp³-hybridized carbons (Fsp3) is 0.615. The van der Waals surface area contributed by atoms with Crippen LogP contribution < -0.4 is 4.90 Å². The van der Waals surface area contributed by atoms with Gasteiger partial charge in [0.05, 0.1) is 11.1 Å². The van der Waals surface area contributed by atoms with Crippen LogP contribution in [0.25, 0.3) is 0 Å². The number of anilines is 1. The minimum atomic E-state index is -0.698. The van der Waals surface area contributed by atoms with Crippen LogP contribution in [0.1, 0.15) is 31.9 Å². The molecule has 1 aliphatic heterocycles. The monoisotopic (exact) mass is 249 g/mol. The standard InChI is InChI=1S/C13H19N3O2/c1-3-13(12(17)18)5-4-8-16(9-13)11-10(2)14-6-7-15-11/h6-7H,3-5,8-9H2,1-2H3,(H,17,18). The lowest BCUT2D eigenvalue weighted by Crippen LogP contribution is -2.48. The lowest BCUT2D eigenvalue weighted by atomic mass is 9.77. The van der Waals surface area contributed by atoms with Gasteiger partial charge in [-0.2, -0.15) is 0 Å². The molecule has 0 aromatic carbocycles. The van der Waals surface area contributed by atoms with Gasteiger partial charge in [-0.25, -0.2) is 4.98 Å². The van der Waals surface area contributed by atoms with Gasteiger partial charge in [0.1, 0.15) is 5.82 Å². The summed E-state index contributed by atoms with van der Waals surface area (Å²) in [6.45, 7) is 5.24. The largest absolute Gasteiger partial charge is 0.481 e. The minimum Gasteiger partial charge on any atom is -0.481 e. The van der Waals surface area contributed by atoms with Crippen molar-refractivity contribution < 1.29 is 9.90 Å². The lowest BCUT2D eigenvalue weighted by Gasteiger charge is -2.40. The molecule has 98 valence electrons. The van der Waals surface area contributed by atoms with Crippen LogP contribution in [-0.4, -0.2) is 34.1 Å². The maximum Gasteiger partial charge on any atom is 0.311 e. The Labute approximate surface area is 107 Å². The number of piperidine rings is 1. The molecule has 0 radical (unpaired) electrons. The molecule has 5 heteroatoms. The topological polar surface area (TPSA) is 66.3 Å². The van der Waals surface area contributed by atoms with Gasteiger partial charge in [-0.15, -0.1) is 0 Å². The van der Waals surface area contributed by atoms with Crippen molar-refractivity contribution in [1.82, 2.24) is 9.97 Å². The van der Waals surface area contributed by atoms with Gasteiger partial charge in [-0.3, -0.25) is 9.78 Å². The van der Waals surface area contributed by atoms with E-state index in [4.69, 9.17) is 0 Å². The first-order chi connectivity index (χ1) is 8.59. The van der Waals surface area contributed by atoms with Crippen molar-refractivity contribution in [1.29, 1.82) is 0 Å². The zero-order valence-electron chi connectivity index (χ0n) is 10.9. The number of carbonyl (C=O) groups is 1. The second kappa shape index (κ2) is 4.92. The number of hydrogen-bond acceptors (Lipinski definition) is 4. The Bertz CT molecular complexity index is 450. The molecule has 1 aliphatic rings. The summed E-state index contributed by atoms with van der Waals surface area (Å²) in [5.41, 5.74) is 0.220. The molecule has 18 heavy (non-hydrogen) atoms. The number of carboxylic acids is 1. The van der Waals surface area contributed by atoms with E-state index in [1.54, 1.807) is 12.4 Å². The first-order valence-electron chi connectivity index (χ1n) is 6.35. The molecule has 1 unspecified atom stereocenters. The van der Waals surface area contributed by atoms with Crippen molar-refractivity contribution in [2.75, 3.05) is 18.0 Å². The van der Waals surface area contributed by atoms with Gasteiger partial charge in [-0.05, 0) is 26.2 Å². The molecule has 1 atom stereocenters. The molecule has 0 aliphatic carbocycles. The Kier molecular flexibility index (Phi) is 3.50. The smallest absolute Gasteiger partial charge is 0.311 e. The fourth-order valence-electron chi connectivity index (χ4n) is 2.64. The first-order valence-corrected chi connectivity index (χ1v) is 6.35.